The van der Waals surface area contributed by atoms with Crippen LogP contribution in [0.15, 0.2) is 22.9 Å². The number of pyridine rings is 1. The molecule has 0 bridgehead atoms. The molecule has 0 fully saturated rings. The molecule has 1 heterocycles. The quantitative estimate of drug-likeness (QED) is 0.906. The lowest BCUT2D eigenvalue weighted by atomic mass is 10.3. The highest BCUT2D eigenvalue weighted by Crippen LogP contribution is 2.17. The Labute approximate surface area is 111 Å². The molecule has 1 aromatic heterocycles. The van der Waals surface area contributed by atoms with E-state index in [9.17, 15) is 4.79 Å². The van der Waals surface area contributed by atoms with Crippen LogP contribution in [0.4, 0.5) is 5.69 Å². The molecule has 0 atom stereocenters. The van der Waals surface area contributed by atoms with Crippen LogP contribution in [-0.2, 0) is 4.79 Å². The van der Waals surface area contributed by atoms with Crippen molar-refractivity contribution in [3.8, 4) is 0 Å². The Morgan fingerprint density at radius 3 is 2.76 bits per heavy atom. The number of hydrogen-bond donors (Lipinski definition) is 1. The van der Waals surface area contributed by atoms with Crippen molar-refractivity contribution < 1.29 is 4.79 Å². The number of halogens is 1. The molecule has 0 aromatic carbocycles. The molecule has 17 heavy (non-hydrogen) atoms. The van der Waals surface area contributed by atoms with Gasteiger partial charge >= 0.3 is 0 Å². The average molecular weight is 300 g/mol. The Morgan fingerprint density at radius 2 is 2.24 bits per heavy atom. The van der Waals surface area contributed by atoms with Crippen LogP contribution in [0.2, 0.25) is 0 Å². The van der Waals surface area contributed by atoms with E-state index < -0.39 is 0 Å². The van der Waals surface area contributed by atoms with Crippen LogP contribution in [-0.4, -0.2) is 30.0 Å². The minimum absolute atomic E-state index is 0.0295. The topological polar surface area (TPSA) is 45.2 Å². The van der Waals surface area contributed by atoms with Gasteiger partial charge in [0.25, 0.3) is 0 Å². The molecule has 0 aliphatic carbocycles. The van der Waals surface area contributed by atoms with Crippen LogP contribution < -0.4 is 10.2 Å². The maximum atomic E-state index is 11.7. The molecule has 0 aliphatic rings. The number of carbonyl (C=O) groups is 1. The molecule has 4 nitrogen and oxygen atoms in total. The zero-order valence-electron chi connectivity index (χ0n) is 10.4. The van der Waals surface area contributed by atoms with Crippen molar-refractivity contribution in [2.24, 2.45) is 0 Å². The third-order valence-corrected chi connectivity index (χ3v) is 2.66. The molecule has 0 spiro atoms. The van der Waals surface area contributed by atoms with Gasteiger partial charge in [-0.05, 0) is 42.8 Å². The first kappa shape index (κ1) is 14.0. The van der Waals surface area contributed by atoms with Crippen molar-refractivity contribution in [3.05, 3.63) is 22.9 Å². The van der Waals surface area contributed by atoms with Gasteiger partial charge in [0.1, 0.15) is 0 Å². The van der Waals surface area contributed by atoms with Crippen molar-refractivity contribution in [2.45, 2.75) is 26.8 Å². The molecule has 0 saturated carbocycles. The normalized spacial score (nSPS) is 10.4. The number of nitrogens with one attached hydrogen (secondary N) is 1. The van der Waals surface area contributed by atoms with Gasteiger partial charge in [0.05, 0.1) is 18.4 Å². The summed E-state index contributed by atoms with van der Waals surface area (Å²) in [7, 11) is 0. The molecule has 5 heteroatoms. The van der Waals surface area contributed by atoms with Gasteiger partial charge in [-0.2, -0.15) is 0 Å². The Morgan fingerprint density at radius 1 is 1.53 bits per heavy atom. The fourth-order valence-corrected chi connectivity index (χ4v) is 1.85. The lowest BCUT2D eigenvalue weighted by molar-refractivity contribution is -0.120. The molecule has 0 radical (unpaired) electrons. The highest BCUT2D eigenvalue weighted by atomic mass is 79.9. The summed E-state index contributed by atoms with van der Waals surface area (Å²) < 4.78 is 0.915. The highest BCUT2D eigenvalue weighted by molar-refractivity contribution is 9.10. The summed E-state index contributed by atoms with van der Waals surface area (Å²) in [6, 6.07) is 2.13. The van der Waals surface area contributed by atoms with E-state index in [0.717, 1.165) is 16.7 Å². The van der Waals surface area contributed by atoms with Crippen LogP contribution >= 0.6 is 15.9 Å². The summed E-state index contributed by atoms with van der Waals surface area (Å²) in [6.45, 7) is 7.05. The molecular weight excluding hydrogens is 282 g/mol. The second-order valence-electron chi connectivity index (χ2n) is 4.10. The minimum Gasteiger partial charge on any atom is -0.361 e. The fourth-order valence-electron chi connectivity index (χ4n) is 1.50. The minimum atomic E-state index is 0.0295. The van der Waals surface area contributed by atoms with Gasteiger partial charge < -0.3 is 10.2 Å². The first-order chi connectivity index (χ1) is 8.02. The van der Waals surface area contributed by atoms with Gasteiger partial charge in [-0.3, -0.25) is 9.78 Å². The highest BCUT2D eigenvalue weighted by Gasteiger charge is 2.11. The smallest absolute Gasteiger partial charge is 0.239 e. The lowest BCUT2D eigenvalue weighted by Gasteiger charge is -2.22. The maximum absolute atomic E-state index is 11.7. The number of likely N-dealkylation sites (N-methyl/N-ethyl adjacent to an activating group) is 1. The fraction of sp³-hybridized carbons (Fsp3) is 0.500. The zero-order chi connectivity index (χ0) is 12.8. The van der Waals surface area contributed by atoms with E-state index in [1.54, 1.807) is 12.4 Å². The maximum Gasteiger partial charge on any atom is 0.239 e. The molecular formula is C12H18BrN3O. The molecule has 94 valence electrons. The van der Waals surface area contributed by atoms with Crippen LogP contribution in [0.1, 0.15) is 20.8 Å². The van der Waals surface area contributed by atoms with Crippen LogP contribution in [0.25, 0.3) is 0 Å². The number of rotatable bonds is 5. The summed E-state index contributed by atoms with van der Waals surface area (Å²) in [5.74, 6) is 0.0295. The van der Waals surface area contributed by atoms with Crippen LogP contribution in [0.3, 0.4) is 0 Å². The van der Waals surface area contributed by atoms with Crippen molar-refractivity contribution >= 4 is 27.5 Å². The number of nitrogens with zero attached hydrogens (tertiary/aromatic N) is 2. The molecule has 0 saturated heterocycles. The summed E-state index contributed by atoms with van der Waals surface area (Å²) in [4.78, 5) is 17.8. The van der Waals surface area contributed by atoms with E-state index in [0.29, 0.717) is 6.54 Å². The van der Waals surface area contributed by atoms with Crippen molar-refractivity contribution in [2.75, 3.05) is 18.0 Å². The predicted molar refractivity (Wildman–Crippen MR) is 73.1 cm³/mol. The van der Waals surface area contributed by atoms with E-state index in [1.165, 1.54) is 0 Å². The van der Waals surface area contributed by atoms with Crippen molar-refractivity contribution in [1.82, 2.24) is 10.3 Å². The first-order valence-electron chi connectivity index (χ1n) is 5.67. The van der Waals surface area contributed by atoms with Gasteiger partial charge in [-0.25, -0.2) is 0 Å². The molecule has 1 amide bonds. The van der Waals surface area contributed by atoms with E-state index in [-0.39, 0.29) is 11.9 Å². The Balaban J connectivity index is 2.69. The standard InChI is InChI=1S/C12H18BrN3O/c1-4-16(8-12(17)15-9(2)3)11-5-10(13)6-14-7-11/h5-7,9H,4,8H2,1-3H3,(H,15,17). The van der Waals surface area contributed by atoms with Gasteiger partial charge in [0.15, 0.2) is 0 Å². The SMILES string of the molecule is CCN(CC(=O)NC(C)C)c1cncc(Br)c1. The number of amides is 1. The average Bonchev–Trinajstić information content (AvgIpc) is 2.24. The number of carbonyl (C=O) groups excluding carboxylic acids is 1. The summed E-state index contributed by atoms with van der Waals surface area (Å²) in [5.41, 5.74) is 0.945. The van der Waals surface area contributed by atoms with Crippen LogP contribution in [0.5, 0.6) is 0 Å². The lowest BCUT2D eigenvalue weighted by Crippen LogP contribution is -2.40. The molecule has 0 aliphatic heterocycles. The number of aromatic nitrogens is 1. The molecule has 0 unspecified atom stereocenters. The predicted octanol–water partition coefficient (Wildman–Crippen LogP) is 2.19. The number of hydrogen-bond acceptors (Lipinski definition) is 3. The van der Waals surface area contributed by atoms with Gasteiger partial charge in [-0.1, -0.05) is 0 Å². The largest absolute Gasteiger partial charge is 0.361 e. The van der Waals surface area contributed by atoms with Crippen molar-refractivity contribution in [3.63, 3.8) is 0 Å². The van der Waals surface area contributed by atoms with Crippen LogP contribution in [0, 0.1) is 0 Å². The second-order valence-corrected chi connectivity index (χ2v) is 5.01. The molecule has 1 rings (SSSR count). The number of anilines is 1. The Kier molecular flexibility index (Phi) is 5.41. The summed E-state index contributed by atoms with van der Waals surface area (Å²) in [5, 5.41) is 2.88. The summed E-state index contributed by atoms with van der Waals surface area (Å²) >= 11 is 3.38. The van der Waals surface area contributed by atoms with E-state index in [4.69, 9.17) is 0 Å². The third-order valence-electron chi connectivity index (χ3n) is 2.22. The van der Waals surface area contributed by atoms with E-state index >= 15 is 0 Å². The van der Waals surface area contributed by atoms with Gasteiger partial charge in [0, 0.05) is 23.3 Å². The Bertz CT molecular complexity index is 382. The monoisotopic (exact) mass is 299 g/mol. The Hall–Kier alpha value is -1.10. The van der Waals surface area contributed by atoms with Gasteiger partial charge in [0.2, 0.25) is 5.91 Å². The molecule has 1 N–H and O–H groups in total. The second kappa shape index (κ2) is 6.59. The molecule has 1 aromatic rings. The van der Waals surface area contributed by atoms with E-state index in [2.05, 4.69) is 26.2 Å². The summed E-state index contributed by atoms with van der Waals surface area (Å²) in [6.07, 6.45) is 3.49. The van der Waals surface area contributed by atoms with Gasteiger partial charge in [-0.15, -0.1) is 0 Å². The zero-order valence-corrected chi connectivity index (χ0v) is 12.0. The third kappa shape index (κ3) is 4.73. The van der Waals surface area contributed by atoms with Crippen molar-refractivity contribution in [1.29, 1.82) is 0 Å². The first-order valence-corrected chi connectivity index (χ1v) is 6.47. The van der Waals surface area contributed by atoms with E-state index in [1.807, 2.05) is 31.7 Å².